The predicted octanol–water partition coefficient (Wildman–Crippen LogP) is 8.69. The maximum absolute atomic E-state index is 7.71. The quantitative estimate of drug-likeness (QED) is 0.268. The van der Waals surface area contributed by atoms with Crippen molar-refractivity contribution in [2.24, 2.45) is 34.6 Å². The summed E-state index contributed by atoms with van der Waals surface area (Å²) >= 11 is 2.01. The molecular formula is C33H45IrN3OS-4. The Morgan fingerprint density at radius 2 is 2.08 bits per heavy atom. The molecule has 5 heterocycles. The number of thioether (sulfide) groups is 1. The SMILES string of the molecule is C[C@H]1CC=C(C2=[C-]CCCC2)[N-]C1.[2H]C([2H])([2H])C1=NC2OC3=C(C4[N-]CC=C5S[C@H](C)C(C)[C@@H]54)[CH-]CC[C@H]3C2CC1.[Ir]. The van der Waals surface area contributed by atoms with Crippen LogP contribution in [-0.4, -0.2) is 36.3 Å². The third-order valence-corrected chi connectivity index (χ3v) is 11.1. The molecule has 4 nitrogen and oxygen atoms in total. The van der Waals surface area contributed by atoms with Gasteiger partial charge in [-0.1, -0.05) is 64.9 Å². The third-order valence-electron chi connectivity index (χ3n) is 9.59. The second kappa shape index (κ2) is 12.9. The molecule has 6 heteroatoms. The van der Waals surface area contributed by atoms with Crippen molar-refractivity contribution in [1.29, 1.82) is 0 Å². The number of ether oxygens (including phenoxy) is 1. The molecule has 7 rings (SSSR count). The van der Waals surface area contributed by atoms with Crippen molar-refractivity contribution in [2.45, 2.75) is 103 Å². The number of fused-ring (bicyclic) bond motifs is 4. The number of nitrogens with zero attached hydrogens (tertiary/aromatic N) is 3. The summed E-state index contributed by atoms with van der Waals surface area (Å²) in [7, 11) is 0. The van der Waals surface area contributed by atoms with E-state index < -0.39 is 6.85 Å². The number of hydrogen-bond acceptors (Lipinski definition) is 3. The van der Waals surface area contributed by atoms with E-state index >= 15 is 0 Å². The molecule has 7 aliphatic rings. The second-order valence-electron chi connectivity index (χ2n) is 12.3. The van der Waals surface area contributed by atoms with Gasteiger partial charge in [0.05, 0.1) is 0 Å². The van der Waals surface area contributed by atoms with Crippen LogP contribution in [0.5, 0.6) is 0 Å². The molecule has 39 heavy (non-hydrogen) atoms. The largest absolute Gasteiger partial charge is 0.769 e. The van der Waals surface area contributed by atoms with Crippen molar-refractivity contribution in [3.63, 3.8) is 0 Å². The summed E-state index contributed by atoms with van der Waals surface area (Å²) < 4.78 is 29.5. The van der Waals surface area contributed by atoms with E-state index in [0.717, 1.165) is 50.4 Å². The zero-order chi connectivity index (χ0) is 28.7. The normalized spacial score (nSPS) is 40.3. The number of allylic oxidation sites excluding steroid dienone is 4. The maximum Gasteiger partial charge on any atom is 0.171 e. The minimum Gasteiger partial charge on any atom is -0.769 e. The molecule has 0 saturated carbocycles. The van der Waals surface area contributed by atoms with E-state index in [-0.39, 0.29) is 32.4 Å². The summed E-state index contributed by atoms with van der Waals surface area (Å²) in [6.45, 7) is 6.63. The van der Waals surface area contributed by atoms with Gasteiger partial charge in [-0.15, -0.1) is 43.7 Å². The van der Waals surface area contributed by atoms with Crippen LogP contribution in [0.15, 0.2) is 44.7 Å². The van der Waals surface area contributed by atoms with Gasteiger partial charge in [0.25, 0.3) is 0 Å². The molecule has 0 aromatic heterocycles. The number of aliphatic imine (C=N–C) groups is 1. The molecule has 0 bridgehead atoms. The van der Waals surface area contributed by atoms with Crippen molar-refractivity contribution < 1.29 is 29.0 Å². The van der Waals surface area contributed by atoms with Crippen molar-refractivity contribution in [2.75, 3.05) is 13.1 Å². The Balaban J connectivity index is 0.000000212. The van der Waals surface area contributed by atoms with Crippen molar-refractivity contribution in [3.05, 3.63) is 62.8 Å². The van der Waals surface area contributed by atoms with Crippen molar-refractivity contribution in [3.8, 4) is 0 Å². The Labute approximate surface area is 259 Å². The molecule has 1 radical (unpaired) electrons. The maximum atomic E-state index is 7.71. The molecule has 2 fully saturated rings. The van der Waals surface area contributed by atoms with Gasteiger partial charge in [0.1, 0.15) is 0 Å². The predicted molar refractivity (Wildman–Crippen MR) is 160 cm³/mol. The molecule has 5 aliphatic heterocycles. The molecule has 8 atom stereocenters. The van der Waals surface area contributed by atoms with Crippen LogP contribution >= 0.6 is 11.8 Å². The van der Waals surface area contributed by atoms with Crippen LogP contribution in [0.1, 0.15) is 89.5 Å². The van der Waals surface area contributed by atoms with Gasteiger partial charge < -0.3 is 21.1 Å². The fourth-order valence-electron chi connectivity index (χ4n) is 7.24. The van der Waals surface area contributed by atoms with Gasteiger partial charge in [-0.05, 0) is 48.1 Å². The third kappa shape index (κ3) is 6.15. The molecule has 0 aromatic rings. The van der Waals surface area contributed by atoms with E-state index in [1.807, 2.05) is 11.8 Å². The number of hydrogen-bond donors (Lipinski definition) is 0. The molecule has 0 amide bonds. The van der Waals surface area contributed by atoms with Gasteiger partial charge in [-0.3, -0.25) is 11.1 Å². The summed E-state index contributed by atoms with van der Waals surface area (Å²) in [4.78, 5) is 6.05. The van der Waals surface area contributed by atoms with Crippen LogP contribution in [0.3, 0.4) is 0 Å². The van der Waals surface area contributed by atoms with Gasteiger partial charge in [-0.25, -0.2) is 12.0 Å². The van der Waals surface area contributed by atoms with Gasteiger partial charge in [0, 0.05) is 41.1 Å². The molecular weight excluding hydrogens is 679 g/mol. The standard InChI is InChI=1S/C21H28N2OS.C12H17N.Ir/c1-11-7-8-15-14-5-4-6-16(20(14)24-21(15)23-11)19-18-12(2)13(3)25-17(18)9-10-22-19;1-10-7-8-12(13-9-10)11-5-3-2-4-6-11;/h6,9,12-15,18-19,21H,4-5,7-8,10H2,1-3H3;8,10H,2-5,7,9H2,1H3;/q2*-2;/t12?,13-,14+,15?,18+,19?,21?;10-;/m10./s1/i1D3;;. The van der Waals surface area contributed by atoms with Gasteiger partial charge in [0.2, 0.25) is 0 Å². The minimum absolute atomic E-state index is 0. The minimum atomic E-state index is -2.10. The average molecular weight is 727 g/mol. The first-order valence-corrected chi connectivity index (χ1v) is 15.9. The van der Waals surface area contributed by atoms with Gasteiger partial charge >= 0.3 is 0 Å². The molecule has 217 valence electrons. The monoisotopic (exact) mass is 727 g/mol. The van der Waals surface area contributed by atoms with Crippen LogP contribution in [0.4, 0.5) is 0 Å². The van der Waals surface area contributed by atoms with Crippen LogP contribution < -0.4 is 0 Å². The van der Waals surface area contributed by atoms with Gasteiger partial charge in [-0.2, -0.15) is 11.6 Å². The smallest absolute Gasteiger partial charge is 0.171 e. The Kier molecular flexibility index (Phi) is 8.53. The summed E-state index contributed by atoms with van der Waals surface area (Å²) in [5.41, 5.74) is 4.24. The molecule has 0 N–H and O–H groups in total. The van der Waals surface area contributed by atoms with Crippen LogP contribution in [0.25, 0.3) is 10.6 Å². The topological polar surface area (TPSA) is 49.8 Å². The van der Waals surface area contributed by atoms with E-state index in [0.29, 0.717) is 41.1 Å². The molecule has 0 aromatic carbocycles. The van der Waals surface area contributed by atoms with Crippen LogP contribution in [-0.2, 0) is 24.8 Å². The first kappa shape index (κ1) is 25.7. The molecule has 4 unspecified atom stereocenters. The van der Waals surface area contributed by atoms with E-state index in [1.165, 1.54) is 47.4 Å². The van der Waals surface area contributed by atoms with Crippen LogP contribution in [0, 0.1) is 42.1 Å². The Morgan fingerprint density at radius 3 is 2.85 bits per heavy atom. The zero-order valence-electron chi connectivity index (χ0n) is 26.6. The fourth-order valence-corrected chi connectivity index (χ4v) is 8.72. The second-order valence-corrected chi connectivity index (χ2v) is 13.7. The van der Waals surface area contributed by atoms with Crippen molar-refractivity contribution in [1.82, 2.24) is 0 Å². The van der Waals surface area contributed by atoms with Crippen molar-refractivity contribution >= 4 is 17.5 Å². The van der Waals surface area contributed by atoms with Crippen LogP contribution in [0.2, 0.25) is 0 Å². The zero-order valence-corrected chi connectivity index (χ0v) is 26.8. The van der Waals surface area contributed by atoms with E-state index in [1.54, 1.807) is 0 Å². The summed E-state index contributed by atoms with van der Waals surface area (Å²) in [5.74, 6) is 3.56. The summed E-state index contributed by atoms with van der Waals surface area (Å²) in [6.07, 6.45) is 19.8. The average Bonchev–Trinajstić information content (AvgIpc) is 3.50. The van der Waals surface area contributed by atoms with Gasteiger partial charge in [0.15, 0.2) is 6.23 Å². The first-order chi connectivity index (χ1) is 19.7. The Morgan fingerprint density at radius 1 is 1.18 bits per heavy atom. The Hall–Kier alpha value is -0.941. The molecule has 2 aliphatic carbocycles. The fraction of sp³-hybridized carbons (Fsp3) is 0.697. The summed E-state index contributed by atoms with van der Waals surface area (Å²) in [6, 6.07) is 0.177. The Bertz CT molecular complexity index is 1160. The van der Waals surface area contributed by atoms with E-state index in [4.69, 9.17) is 14.2 Å². The number of rotatable bonds is 2. The van der Waals surface area contributed by atoms with E-state index in [9.17, 15) is 0 Å². The molecule has 0 spiro atoms. The summed E-state index contributed by atoms with van der Waals surface area (Å²) in [5, 5.41) is 10.2. The molecule has 2 saturated heterocycles. The van der Waals surface area contributed by atoms with E-state index in [2.05, 4.69) is 55.7 Å². The first-order valence-electron chi connectivity index (χ1n) is 16.5.